The smallest absolute Gasteiger partial charge is 0.306 e. The number of rotatable bonds is 4. The van der Waals surface area contributed by atoms with E-state index in [4.69, 9.17) is 0 Å². The third-order valence-electron chi connectivity index (χ3n) is 2.71. The lowest BCUT2D eigenvalue weighted by atomic mass is 10.2. The van der Waals surface area contributed by atoms with Gasteiger partial charge in [-0.05, 0) is 35.9 Å². The quantitative estimate of drug-likeness (QED) is 0.503. The number of hydrogen-bond donors (Lipinski definition) is 1. The first-order valence-corrected chi connectivity index (χ1v) is 6.93. The van der Waals surface area contributed by atoms with Crippen LogP contribution in [-0.2, 0) is 4.79 Å². The third kappa shape index (κ3) is 4.23. The van der Waals surface area contributed by atoms with Gasteiger partial charge in [0, 0.05) is 22.3 Å². The maximum absolute atomic E-state index is 13.2. The lowest BCUT2D eigenvalue weighted by Crippen LogP contribution is -2.08. The molecule has 0 bridgehead atoms. The minimum Gasteiger partial charge on any atom is -0.322 e. The van der Waals surface area contributed by atoms with E-state index in [9.17, 15) is 19.3 Å². The second-order valence-corrected chi connectivity index (χ2v) is 5.21. The number of carbonyl (C=O) groups excluding carboxylic acids is 1. The van der Waals surface area contributed by atoms with Crippen molar-refractivity contribution >= 4 is 39.3 Å². The van der Waals surface area contributed by atoms with Crippen LogP contribution in [0.3, 0.4) is 0 Å². The summed E-state index contributed by atoms with van der Waals surface area (Å²) in [5, 5.41) is 13.1. The average molecular weight is 365 g/mol. The molecule has 0 atom stereocenters. The van der Waals surface area contributed by atoms with Crippen LogP contribution in [0.5, 0.6) is 0 Å². The van der Waals surface area contributed by atoms with E-state index < -0.39 is 22.3 Å². The van der Waals surface area contributed by atoms with Crippen molar-refractivity contribution in [3.8, 4) is 0 Å². The van der Waals surface area contributed by atoms with Crippen molar-refractivity contribution in [1.29, 1.82) is 0 Å². The Balaban J connectivity index is 2.07. The lowest BCUT2D eigenvalue weighted by molar-refractivity contribution is -0.387. The van der Waals surface area contributed by atoms with Crippen molar-refractivity contribution in [3.63, 3.8) is 0 Å². The van der Waals surface area contributed by atoms with Gasteiger partial charge < -0.3 is 5.32 Å². The Morgan fingerprint density at radius 1 is 1.23 bits per heavy atom. The Hall–Kier alpha value is -2.54. The van der Waals surface area contributed by atoms with Crippen LogP contribution in [0.1, 0.15) is 5.56 Å². The third-order valence-corrected chi connectivity index (χ3v) is 3.24. The van der Waals surface area contributed by atoms with Crippen LogP contribution in [0.4, 0.5) is 15.8 Å². The topological polar surface area (TPSA) is 72.2 Å². The van der Waals surface area contributed by atoms with Gasteiger partial charge >= 0.3 is 5.69 Å². The van der Waals surface area contributed by atoms with E-state index in [1.165, 1.54) is 12.1 Å². The molecule has 112 valence electrons. The van der Waals surface area contributed by atoms with Crippen molar-refractivity contribution in [2.45, 2.75) is 0 Å². The molecule has 5 nitrogen and oxygen atoms in total. The normalized spacial score (nSPS) is 10.6. The highest BCUT2D eigenvalue weighted by molar-refractivity contribution is 9.10. The summed E-state index contributed by atoms with van der Waals surface area (Å²) in [6.45, 7) is 0. The molecule has 1 N–H and O–H groups in total. The van der Waals surface area contributed by atoms with E-state index in [-0.39, 0.29) is 5.69 Å². The lowest BCUT2D eigenvalue weighted by Gasteiger charge is -2.02. The van der Waals surface area contributed by atoms with Crippen molar-refractivity contribution in [2.24, 2.45) is 0 Å². The summed E-state index contributed by atoms with van der Waals surface area (Å²) in [6, 6.07) is 10.5. The van der Waals surface area contributed by atoms with Crippen LogP contribution in [0.25, 0.3) is 6.08 Å². The number of nitrogens with zero attached hydrogens (tertiary/aromatic N) is 1. The zero-order chi connectivity index (χ0) is 16.1. The molecule has 2 rings (SSSR count). The molecule has 0 heterocycles. The van der Waals surface area contributed by atoms with E-state index in [1.54, 1.807) is 6.08 Å². The summed E-state index contributed by atoms with van der Waals surface area (Å²) >= 11 is 3.30. The molecule has 2 aromatic rings. The molecule has 0 radical (unpaired) electrons. The van der Waals surface area contributed by atoms with Gasteiger partial charge in [0.15, 0.2) is 0 Å². The fraction of sp³-hybridized carbons (Fsp3) is 0. The molecular weight excluding hydrogens is 355 g/mol. The first-order chi connectivity index (χ1) is 10.5. The highest BCUT2D eigenvalue weighted by Gasteiger charge is 2.14. The summed E-state index contributed by atoms with van der Waals surface area (Å²) in [5.41, 5.74) is 0.289. The van der Waals surface area contributed by atoms with Gasteiger partial charge in [-0.15, -0.1) is 0 Å². The Morgan fingerprint density at radius 2 is 1.91 bits per heavy atom. The maximum atomic E-state index is 13.2. The van der Waals surface area contributed by atoms with Crippen LogP contribution in [0, 0.1) is 15.9 Å². The van der Waals surface area contributed by atoms with Crippen LogP contribution in [0.15, 0.2) is 53.0 Å². The number of amides is 1. The van der Waals surface area contributed by atoms with Gasteiger partial charge in [0.05, 0.1) is 4.92 Å². The minimum absolute atomic E-state index is 0.151. The molecule has 0 saturated carbocycles. The zero-order valence-electron chi connectivity index (χ0n) is 11.1. The van der Waals surface area contributed by atoms with Crippen LogP contribution < -0.4 is 5.32 Å². The fourth-order valence-electron chi connectivity index (χ4n) is 1.66. The molecule has 0 aliphatic carbocycles. The molecule has 0 fully saturated rings. The maximum Gasteiger partial charge on any atom is 0.306 e. The predicted octanol–water partition coefficient (Wildman–Crippen LogP) is 4.15. The van der Waals surface area contributed by atoms with Crippen molar-refractivity contribution in [1.82, 2.24) is 0 Å². The zero-order valence-corrected chi connectivity index (χ0v) is 12.7. The van der Waals surface area contributed by atoms with Crippen molar-refractivity contribution in [2.75, 3.05) is 5.32 Å². The van der Waals surface area contributed by atoms with Gasteiger partial charge in [-0.3, -0.25) is 14.9 Å². The van der Waals surface area contributed by atoms with Gasteiger partial charge in [0.1, 0.15) is 0 Å². The van der Waals surface area contributed by atoms with Gasteiger partial charge in [-0.25, -0.2) is 0 Å². The highest BCUT2D eigenvalue weighted by atomic mass is 79.9. The standard InChI is InChI=1S/C15H10BrFN2O3/c16-11-4-1-10(2-5-11)3-8-15(20)18-12-6-7-13(17)14(9-12)19(21)22/h1-9H,(H,18,20). The number of benzene rings is 2. The highest BCUT2D eigenvalue weighted by Crippen LogP contribution is 2.21. The van der Waals surface area contributed by atoms with E-state index >= 15 is 0 Å². The molecule has 0 unspecified atom stereocenters. The molecule has 1 amide bonds. The van der Waals surface area contributed by atoms with Gasteiger partial charge in [-0.2, -0.15) is 4.39 Å². The Morgan fingerprint density at radius 3 is 2.55 bits per heavy atom. The van der Waals surface area contributed by atoms with Gasteiger partial charge in [0.25, 0.3) is 0 Å². The second kappa shape index (κ2) is 6.95. The molecule has 0 aliphatic heterocycles. The summed E-state index contributed by atoms with van der Waals surface area (Å²) in [7, 11) is 0. The molecule has 7 heteroatoms. The predicted molar refractivity (Wildman–Crippen MR) is 84.9 cm³/mol. The second-order valence-electron chi connectivity index (χ2n) is 4.30. The summed E-state index contributed by atoms with van der Waals surface area (Å²) in [4.78, 5) is 21.5. The van der Waals surface area contributed by atoms with E-state index in [2.05, 4.69) is 21.2 Å². The number of nitro groups is 1. The largest absolute Gasteiger partial charge is 0.322 e. The van der Waals surface area contributed by atoms with Crippen LogP contribution in [0.2, 0.25) is 0 Å². The minimum atomic E-state index is -0.951. The van der Waals surface area contributed by atoms with Crippen molar-refractivity contribution in [3.05, 3.63) is 74.5 Å². The molecule has 22 heavy (non-hydrogen) atoms. The molecule has 0 saturated heterocycles. The van der Waals surface area contributed by atoms with Gasteiger partial charge in [-0.1, -0.05) is 28.1 Å². The molecule has 0 aromatic heterocycles. The first-order valence-electron chi connectivity index (χ1n) is 6.14. The molecule has 2 aromatic carbocycles. The summed E-state index contributed by atoms with van der Waals surface area (Å²) < 4.78 is 14.1. The first kappa shape index (κ1) is 15.8. The van der Waals surface area contributed by atoms with Crippen LogP contribution >= 0.6 is 15.9 Å². The molecular formula is C15H10BrFN2O3. The summed E-state index contributed by atoms with van der Waals surface area (Å²) in [5.74, 6) is -1.42. The number of nitrogens with one attached hydrogen (secondary N) is 1. The number of hydrogen-bond acceptors (Lipinski definition) is 3. The number of anilines is 1. The SMILES string of the molecule is O=C(C=Cc1ccc(Br)cc1)Nc1ccc(F)c([N+](=O)[O-])c1. The molecule has 0 aliphatic rings. The Bertz CT molecular complexity index is 745. The van der Waals surface area contributed by atoms with Crippen molar-refractivity contribution < 1.29 is 14.1 Å². The van der Waals surface area contributed by atoms with Crippen LogP contribution in [-0.4, -0.2) is 10.8 Å². The number of nitro benzene ring substituents is 1. The fourth-order valence-corrected chi connectivity index (χ4v) is 1.92. The monoisotopic (exact) mass is 364 g/mol. The van der Waals surface area contributed by atoms with Gasteiger partial charge in [0.2, 0.25) is 11.7 Å². The van der Waals surface area contributed by atoms with E-state index in [0.717, 1.165) is 22.2 Å². The average Bonchev–Trinajstić information content (AvgIpc) is 2.48. The Labute approximate surface area is 133 Å². The molecule has 0 spiro atoms. The number of halogens is 2. The Kier molecular flexibility index (Phi) is 5.00. The summed E-state index contributed by atoms with van der Waals surface area (Å²) in [6.07, 6.45) is 2.89. The number of carbonyl (C=O) groups is 1. The van der Waals surface area contributed by atoms with E-state index in [0.29, 0.717) is 0 Å². The van der Waals surface area contributed by atoms with E-state index in [1.807, 2.05) is 24.3 Å².